The fraction of sp³-hybridized carbons (Fsp3) is 0.545. The number of rotatable bonds is 6. The minimum atomic E-state index is -0.0851. The number of nitrogens with one attached hydrogen (secondary N) is 1. The predicted octanol–water partition coefficient (Wildman–Crippen LogP) is 1.50. The van der Waals surface area contributed by atoms with Crippen LogP contribution >= 0.6 is 11.3 Å². The first kappa shape index (κ1) is 13.0. The molecule has 1 unspecified atom stereocenters. The Morgan fingerprint density at radius 2 is 2.44 bits per heavy atom. The van der Waals surface area contributed by atoms with Gasteiger partial charge in [0.25, 0.3) is 5.91 Å². The van der Waals surface area contributed by atoms with Crippen molar-refractivity contribution in [1.82, 2.24) is 5.32 Å². The van der Waals surface area contributed by atoms with Crippen molar-refractivity contribution in [2.45, 2.75) is 13.3 Å². The van der Waals surface area contributed by atoms with Crippen molar-refractivity contribution >= 4 is 17.2 Å². The predicted molar refractivity (Wildman–Crippen MR) is 64.1 cm³/mol. The van der Waals surface area contributed by atoms with Crippen LogP contribution in [0.25, 0.3) is 0 Å². The molecule has 5 heteroatoms. The highest BCUT2D eigenvalue weighted by Crippen LogP contribution is 2.20. The van der Waals surface area contributed by atoms with E-state index in [9.17, 15) is 4.79 Å². The molecule has 0 aliphatic heterocycles. The van der Waals surface area contributed by atoms with Gasteiger partial charge in [-0.3, -0.25) is 4.79 Å². The van der Waals surface area contributed by atoms with Crippen LogP contribution in [-0.4, -0.2) is 31.3 Å². The van der Waals surface area contributed by atoms with Crippen LogP contribution < -0.4 is 10.1 Å². The first-order chi connectivity index (χ1) is 7.67. The van der Waals surface area contributed by atoms with E-state index in [4.69, 9.17) is 9.84 Å². The third kappa shape index (κ3) is 3.83. The molecular formula is C11H17NO3S. The fourth-order valence-electron chi connectivity index (χ4n) is 1.22. The Morgan fingerprint density at radius 1 is 1.69 bits per heavy atom. The SMILES string of the molecule is COc1csc(C(=O)NCC(C)CCO)c1. The third-order valence-corrected chi connectivity index (χ3v) is 3.18. The Morgan fingerprint density at radius 3 is 3.00 bits per heavy atom. The van der Waals surface area contributed by atoms with Crippen molar-refractivity contribution in [2.24, 2.45) is 5.92 Å². The Labute approximate surface area is 99.2 Å². The van der Waals surface area contributed by atoms with E-state index in [0.717, 1.165) is 0 Å². The van der Waals surface area contributed by atoms with E-state index < -0.39 is 0 Å². The van der Waals surface area contributed by atoms with Gasteiger partial charge < -0.3 is 15.2 Å². The van der Waals surface area contributed by atoms with E-state index in [-0.39, 0.29) is 18.4 Å². The monoisotopic (exact) mass is 243 g/mol. The molecule has 0 fully saturated rings. The molecule has 0 bridgehead atoms. The van der Waals surface area contributed by atoms with Gasteiger partial charge in [-0.15, -0.1) is 11.3 Å². The lowest BCUT2D eigenvalue weighted by Crippen LogP contribution is -2.27. The van der Waals surface area contributed by atoms with E-state index in [2.05, 4.69) is 5.32 Å². The summed E-state index contributed by atoms with van der Waals surface area (Å²) in [6.07, 6.45) is 0.702. The molecule has 0 aliphatic rings. The minimum Gasteiger partial charge on any atom is -0.496 e. The summed E-state index contributed by atoms with van der Waals surface area (Å²) in [5.74, 6) is 0.910. The van der Waals surface area contributed by atoms with Crippen molar-refractivity contribution in [2.75, 3.05) is 20.3 Å². The zero-order valence-electron chi connectivity index (χ0n) is 9.53. The number of methoxy groups -OCH3 is 1. The van der Waals surface area contributed by atoms with Gasteiger partial charge in [-0.25, -0.2) is 0 Å². The van der Waals surface area contributed by atoms with E-state index >= 15 is 0 Å². The van der Waals surface area contributed by atoms with Crippen molar-refractivity contribution in [3.8, 4) is 5.75 Å². The van der Waals surface area contributed by atoms with Crippen molar-refractivity contribution in [3.05, 3.63) is 16.3 Å². The minimum absolute atomic E-state index is 0.0851. The van der Waals surface area contributed by atoms with Gasteiger partial charge in [0, 0.05) is 24.6 Å². The van der Waals surface area contributed by atoms with Gasteiger partial charge in [0.05, 0.1) is 12.0 Å². The number of aliphatic hydroxyl groups excluding tert-OH is 1. The van der Waals surface area contributed by atoms with E-state index in [1.807, 2.05) is 6.92 Å². The van der Waals surface area contributed by atoms with Crippen LogP contribution in [0.3, 0.4) is 0 Å². The number of thiophene rings is 1. The summed E-state index contributed by atoms with van der Waals surface area (Å²) in [7, 11) is 1.58. The highest BCUT2D eigenvalue weighted by Gasteiger charge is 2.10. The molecule has 1 aromatic rings. The molecule has 0 saturated carbocycles. The number of ether oxygens (including phenoxy) is 1. The Hall–Kier alpha value is -1.07. The normalized spacial score (nSPS) is 12.2. The molecule has 1 atom stereocenters. The fourth-order valence-corrected chi connectivity index (χ4v) is 1.99. The van der Waals surface area contributed by atoms with Gasteiger partial charge in [-0.1, -0.05) is 6.92 Å². The molecule has 90 valence electrons. The topological polar surface area (TPSA) is 58.6 Å². The second-order valence-corrected chi connectivity index (χ2v) is 4.59. The van der Waals surface area contributed by atoms with Gasteiger partial charge in [0.1, 0.15) is 5.75 Å². The van der Waals surface area contributed by atoms with Crippen LogP contribution in [0.5, 0.6) is 5.75 Å². The second-order valence-electron chi connectivity index (χ2n) is 3.68. The maximum absolute atomic E-state index is 11.7. The van der Waals surface area contributed by atoms with Crippen LogP contribution in [0.2, 0.25) is 0 Å². The lowest BCUT2D eigenvalue weighted by Gasteiger charge is -2.09. The van der Waals surface area contributed by atoms with Gasteiger partial charge in [0.2, 0.25) is 0 Å². The third-order valence-electron chi connectivity index (χ3n) is 2.27. The molecular weight excluding hydrogens is 226 g/mol. The molecule has 0 radical (unpaired) electrons. The molecule has 0 aromatic carbocycles. The summed E-state index contributed by atoms with van der Waals surface area (Å²) in [5, 5.41) is 13.4. The average Bonchev–Trinajstić information content (AvgIpc) is 2.75. The van der Waals surface area contributed by atoms with E-state index in [1.54, 1.807) is 18.6 Å². The average molecular weight is 243 g/mol. The summed E-state index contributed by atoms with van der Waals surface area (Å²) < 4.78 is 5.01. The van der Waals surface area contributed by atoms with Crippen LogP contribution in [0.15, 0.2) is 11.4 Å². The number of carbonyl (C=O) groups is 1. The molecule has 1 heterocycles. The van der Waals surface area contributed by atoms with Crippen LogP contribution in [-0.2, 0) is 0 Å². The van der Waals surface area contributed by atoms with Crippen LogP contribution in [0, 0.1) is 5.92 Å². The second kappa shape index (κ2) is 6.50. The van der Waals surface area contributed by atoms with Gasteiger partial charge in [0.15, 0.2) is 0 Å². The zero-order valence-corrected chi connectivity index (χ0v) is 10.3. The van der Waals surface area contributed by atoms with Crippen molar-refractivity contribution in [1.29, 1.82) is 0 Å². The lowest BCUT2D eigenvalue weighted by molar-refractivity contribution is 0.0949. The molecule has 4 nitrogen and oxygen atoms in total. The summed E-state index contributed by atoms with van der Waals surface area (Å²) >= 11 is 1.36. The Bertz CT molecular complexity index is 338. The van der Waals surface area contributed by atoms with Gasteiger partial charge >= 0.3 is 0 Å². The summed E-state index contributed by atoms with van der Waals surface area (Å²) in [6, 6.07) is 1.72. The number of hydrogen-bond donors (Lipinski definition) is 2. The number of aliphatic hydroxyl groups is 1. The van der Waals surface area contributed by atoms with Gasteiger partial charge in [-0.05, 0) is 12.3 Å². The number of carbonyl (C=O) groups excluding carboxylic acids is 1. The van der Waals surface area contributed by atoms with E-state index in [0.29, 0.717) is 23.6 Å². The largest absolute Gasteiger partial charge is 0.496 e. The molecule has 1 aromatic heterocycles. The highest BCUT2D eigenvalue weighted by atomic mass is 32.1. The first-order valence-electron chi connectivity index (χ1n) is 5.19. The molecule has 2 N–H and O–H groups in total. The molecule has 0 aliphatic carbocycles. The maximum Gasteiger partial charge on any atom is 0.261 e. The highest BCUT2D eigenvalue weighted by molar-refractivity contribution is 7.12. The standard InChI is InChI=1S/C11H17NO3S/c1-8(3-4-13)6-12-11(14)10-5-9(15-2)7-16-10/h5,7-8,13H,3-4,6H2,1-2H3,(H,12,14). The number of hydrogen-bond acceptors (Lipinski definition) is 4. The molecule has 0 saturated heterocycles. The first-order valence-corrected chi connectivity index (χ1v) is 6.07. The van der Waals surface area contributed by atoms with E-state index in [1.165, 1.54) is 11.3 Å². The lowest BCUT2D eigenvalue weighted by atomic mass is 10.1. The smallest absolute Gasteiger partial charge is 0.261 e. The molecule has 16 heavy (non-hydrogen) atoms. The summed E-state index contributed by atoms with van der Waals surface area (Å²) in [5.41, 5.74) is 0. The summed E-state index contributed by atoms with van der Waals surface area (Å²) in [4.78, 5) is 12.3. The number of amides is 1. The molecule has 0 spiro atoms. The van der Waals surface area contributed by atoms with Gasteiger partial charge in [-0.2, -0.15) is 0 Å². The zero-order chi connectivity index (χ0) is 12.0. The molecule has 1 rings (SSSR count). The van der Waals surface area contributed by atoms with Crippen molar-refractivity contribution in [3.63, 3.8) is 0 Å². The maximum atomic E-state index is 11.7. The van der Waals surface area contributed by atoms with Crippen LogP contribution in [0.1, 0.15) is 23.0 Å². The van der Waals surface area contributed by atoms with Crippen molar-refractivity contribution < 1.29 is 14.6 Å². The summed E-state index contributed by atoms with van der Waals surface area (Å²) in [6.45, 7) is 2.73. The Balaban J connectivity index is 2.40. The molecule has 1 amide bonds. The Kier molecular flexibility index (Phi) is 5.28. The quantitative estimate of drug-likeness (QED) is 0.796. The van der Waals surface area contributed by atoms with Crippen LogP contribution in [0.4, 0.5) is 0 Å².